The predicted octanol–water partition coefficient (Wildman–Crippen LogP) is 3.82. The summed E-state index contributed by atoms with van der Waals surface area (Å²) in [6, 6.07) is 8.04. The normalized spacial score (nSPS) is 11.4. The maximum Gasteiger partial charge on any atom is 0.336 e. The van der Waals surface area contributed by atoms with Gasteiger partial charge < -0.3 is 10.2 Å². The van der Waals surface area contributed by atoms with Crippen molar-refractivity contribution in [3.05, 3.63) is 70.7 Å². The minimum Gasteiger partial charge on any atom is -0.478 e. The molecule has 4 rings (SSSR count). The van der Waals surface area contributed by atoms with E-state index in [-0.39, 0.29) is 20.9 Å². The molecule has 10 nitrogen and oxygen atoms in total. The average Bonchev–Trinajstić information content (AvgIpc) is 3.52. The lowest BCUT2D eigenvalue weighted by atomic mass is 10.1. The van der Waals surface area contributed by atoms with Crippen molar-refractivity contribution in [2.45, 2.75) is 9.79 Å². The number of hydrogen-bond acceptors (Lipinski definition) is 10. The zero-order valence-electron chi connectivity index (χ0n) is 18.6. The maximum absolute atomic E-state index is 11.4. The number of aromatic carboxylic acids is 2. The number of sulfone groups is 2. The fourth-order valence-corrected chi connectivity index (χ4v) is 5.60. The lowest BCUT2D eigenvalue weighted by molar-refractivity contribution is 0.0686. The van der Waals surface area contributed by atoms with E-state index in [1.165, 1.54) is 46.9 Å². The van der Waals surface area contributed by atoms with Crippen LogP contribution in [0.2, 0.25) is 0 Å². The van der Waals surface area contributed by atoms with Crippen LogP contribution in [-0.4, -0.2) is 61.5 Å². The van der Waals surface area contributed by atoms with E-state index in [9.17, 15) is 26.4 Å². The summed E-state index contributed by atoms with van der Waals surface area (Å²) in [6.45, 7) is 0. The Balaban J connectivity index is 0.000000201. The minimum atomic E-state index is -3.42. The molecule has 0 aliphatic carbocycles. The SMILES string of the molecule is CS(=O)(=O)c1ccc(-c2nccs2)c(C(=O)O)c1.CS(=O)(=O)c1ccc(-c2nccs2)c(C(=O)O)c1. The molecule has 0 fully saturated rings. The molecule has 0 atom stereocenters. The summed E-state index contributed by atoms with van der Waals surface area (Å²) in [5, 5.41) is 22.8. The van der Waals surface area contributed by atoms with Crippen LogP contribution in [-0.2, 0) is 19.7 Å². The summed E-state index contributed by atoms with van der Waals surface area (Å²) < 4.78 is 45.6. The first-order valence-corrected chi connectivity index (χ1v) is 15.3. The zero-order valence-corrected chi connectivity index (χ0v) is 21.9. The van der Waals surface area contributed by atoms with Gasteiger partial charge in [0.15, 0.2) is 19.7 Å². The molecule has 0 amide bonds. The Kier molecular flexibility index (Phi) is 8.03. The molecule has 4 aromatic rings. The van der Waals surface area contributed by atoms with Crippen molar-refractivity contribution in [2.75, 3.05) is 12.5 Å². The van der Waals surface area contributed by atoms with Crippen LogP contribution >= 0.6 is 22.7 Å². The van der Waals surface area contributed by atoms with E-state index >= 15 is 0 Å². The fraction of sp³-hybridized carbons (Fsp3) is 0.0909. The summed E-state index contributed by atoms with van der Waals surface area (Å²) in [7, 11) is -6.85. The van der Waals surface area contributed by atoms with Gasteiger partial charge in [0.05, 0.1) is 20.9 Å². The van der Waals surface area contributed by atoms with Crippen LogP contribution in [0.15, 0.2) is 69.3 Å². The summed E-state index contributed by atoms with van der Waals surface area (Å²) >= 11 is 2.59. The van der Waals surface area contributed by atoms with E-state index in [1.54, 1.807) is 23.2 Å². The van der Waals surface area contributed by atoms with Crippen LogP contribution in [0.3, 0.4) is 0 Å². The van der Waals surface area contributed by atoms with Crippen LogP contribution in [0.5, 0.6) is 0 Å². The summed E-state index contributed by atoms with van der Waals surface area (Å²) in [6.07, 6.45) is 5.21. The number of thiazole rings is 2. The second kappa shape index (κ2) is 10.7. The van der Waals surface area contributed by atoms with E-state index in [0.717, 1.165) is 24.6 Å². The number of carbonyl (C=O) groups is 2. The Morgan fingerprint density at radius 2 is 1.06 bits per heavy atom. The molecule has 0 unspecified atom stereocenters. The molecule has 2 heterocycles. The molecule has 0 bridgehead atoms. The molecule has 0 spiro atoms. The van der Waals surface area contributed by atoms with Gasteiger partial charge in [-0.3, -0.25) is 0 Å². The quantitative estimate of drug-likeness (QED) is 0.350. The van der Waals surface area contributed by atoms with Crippen LogP contribution in [0.1, 0.15) is 20.7 Å². The first-order valence-electron chi connectivity index (χ1n) is 9.73. The van der Waals surface area contributed by atoms with E-state index in [0.29, 0.717) is 21.1 Å². The molecule has 188 valence electrons. The first kappa shape index (κ1) is 27.1. The lowest BCUT2D eigenvalue weighted by Gasteiger charge is -2.05. The van der Waals surface area contributed by atoms with Gasteiger partial charge in [-0.05, 0) is 36.4 Å². The molecule has 2 aromatic heterocycles. The third kappa shape index (κ3) is 6.40. The maximum atomic E-state index is 11.4. The Hall–Kier alpha value is -3.46. The Morgan fingerprint density at radius 1 is 0.694 bits per heavy atom. The second-order valence-corrected chi connectivity index (χ2v) is 13.1. The van der Waals surface area contributed by atoms with Gasteiger partial charge in [0, 0.05) is 46.8 Å². The van der Waals surface area contributed by atoms with Gasteiger partial charge in [0.1, 0.15) is 10.0 Å². The van der Waals surface area contributed by atoms with Gasteiger partial charge in [0.2, 0.25) is 0 Å². The molecule has 0 aliphatic rings. The van der Waals surface area contributed by atoms with Crippen molar-refractivity contribution in [1.82, 2.24) is 9.97 Å². The molecule has 0 saturated carbocycles. The first-order chi connectivity index (χ1) is 16.8. The largest absolute Gasteiger partial charge is 0.478 e. The third-order valence-electron chi connectivity index (χ3n) is 4.62. The van der Waals surface area contributed by atoms with Crippen molar-refractivity contribution in [1.29, 1.82) is 0 Å². The van der Waals surface area contributed by atoms with Crippen molar-refractivity contribution >= 4 is 54.3 Å². The minimum absolute atomic E-state index is 0.0137. The van der Waals surface area contributed by atoms with Gasteiger partial charge in [0.25, 0.3) is 0 Å². The number of aromatic nitrogens is 2. The molecule has 2 N–H and O–H groups in total. The molecular weight excluding hydrogens is 549 g/mol. The Labute approximate surface area is 214 Å². The molecule has 36 heavy (non-hydrogen) atoms. The standard InChI is InChI=1S/2C11H9NO4S2/c2*1-18(15,16)7-2-3-8(9(6-7)11(13)14)10-12-4-5-17-10/h2*2-6H,1H3,(H,13,14). The molecule has 2 aromatic carbocycles. The zero-order chi connectivity index (χ0) is 26.7. The monoisotopic (exact) mass is 566 g/mol. The van der Waals surface area contributed by atoms with Gasteiger partial charge in [-0.15, -0.1) is 22.7 Å². The lowest BCUT2D eigenvalue weighted by Crippen LogP contribution is -2.04. The molecule has 0 saturated heterocycles. The number of hydrogen-bond donors (Lipinski definition) is 2. The smallest absolute Gasteiger partial charge is 0.336 e. The predicted molar refractivity (Wildman–Crippen MR) is 135 cm³/mol. The average molecular weight is 567 g/mol. The van der Waals surface area contributed by atoms with Crippen LogP contribution in [0.25, 0.3) is 21.1 Å². The highest BCUT2D eigenvalue weighted by molar-refractivity contribution is 7.91. The number of benzene rings is 2. The summed E-state index contributed by atoms with van der Waals surface area (Å²) in [4.78, 5) is 30.4. The van der Waals surface area contributed by atoms with Gasteiger partial charge >= 0.3 is 11.9 Å². The van der Waals surface area contributed by atoms with Crippen molar-refractivity contribution in [3.63, 3.8) is 0 Å². The highest BCUT2D eigenvalue weighted by Gasteiger charge is 2.19. The highest BCUT2D eigenvalue weighted by Crippen LogP contribution is 2.29. The van der Waals surface area contributed by atoms with Crippen LogP contribution in [0.4, 0.5) is 0 Å². The highest BCUT2D eigenvalue weighted by atomic mass is 32.2. The number of carboxylic acids is 2. The Morgan fingerprint density at radius 3 is 1.31 bits per heavy atom. The fourth-order valence-electron chi connectivity index (χ4n) is 2.95. The van der Waals surface area contributed by atoms with Gasteiger partial charge in [-0.2, -0.15) is 0 Å². The summed E-state index contributed by atoms with van der Waals surface area (Å²) in [5.74, 6) is -2.35. The molecule has 14 heteroatoms. The van der Waals surface area contributed by atoms with Crippen LogP contribution in [0, 0.1) is 0 Å². The Bertz CT molecular complexity index is 1500. The third-order valence-corrected chi connectivity index (χ3v) is 8.46. The van der Waals surface area contributed by atoms with Gasteiger partial charge in [-0.25, -0.2) is 36.4 Å². The second-order valence-electron chi connectivity index (χ2n) is 7.24. The molecule has 0 aliphatic heterocycles. The van der Waals surface area contributed by atoms with E-state index in [4.69, 9.17) is 10.2 Å². The van der Waals surface area contributed by atoms with E-state index in [2.05, 4.69) is 9.97 Å². The van der Waals surface area contributed by atoms with Crippen molar-refractivity contribution in [3.8, 4) is 21.1 Å². The van der Waals surface area contributed by atoms with Gasteiger partial charge in [-0.1, -0.05) is 0 Å². The number of nitrogens with zero attached hydrogens (tertiary/aromatic N) is 2. The van der Waals surface area contributed by atoms with E-state index < -0.39 is 31.6 Å². The number of rotatable bonds is 6. The molecular formula is C22H18N2O8S4. The van der Waals surface area contributed by atoms with E-state index in [1.807, 2.05) is 0 Å². The summed E-state index contributed by atoms with van der Waals surface area (Å²) in [5.41, 5.74) is 0.718. The number of carboxylic acid groups (broad SMARTS) is 2. The van der Waals surface area contributed by atoms with Crippen molar-refractivity contribution in [2.24, 2.45) is 0 Å². The van der Waals surface area contributed by atoms with Crippen molar-refractivity contribution < 1.29 is 36.6 Å². The van der Waals surface area contributed by atoms with Crippen LogP contribution < -0.4 is 0 Å². The topological polar surface area (TPSA) is 169 Å². The molecule has 0 radical (unpaired) electrons.